The smallest absolute Gasteiger partial charge is 0.303 e. The molecule has 0 aromatic rings. The first-order valence-corrected chi connectivity index (χ1v) is 5.87. The summed E-state index contributed by atoms with van der Waals surface area (Å²) in [6, 6.07) is -0.463. The van der Waals surface area contributed by atoms with Crippen molar-refractivity contribution < 1.29 is 14.7 Å². The molecule has 1 aliphatic carbocycles. The largest absolute Gasteiger partial charge is 0.481 e. The Hall–Kier alpha value is -1.10. The number of hydrogen-bond donors (Lipinski definition) is 3. The number of carboxylic acid groups (broad SMARTS) is 1. The number of hydrogen-bond acceptors (Lipinski definition) is 3. The Balaban J connectivity index is 2.24. The van der Waals surface area contributed by atoms with E-state index in [1.54, 1.807) is 0 Å². The van der Waals surface area contributed by atoms with Crippen LogP contribution in [0.2, 0.25) is 0 Å². The summed E-state index contributed by atoms with van der Waals surface area (Å²) in [6.45, 7) is 0. The Morgan fingerprint density at radius 1 is 1.31 bits per heavy atom. The molecule has 0 saturated heterocycles. The third-order valence-corrected chi connectivity index (χ3v) is 2.96. The Kier molecular flexibility index (Phi) is 5.25. The first-order chi connectivity index (χ1) is 7.59. The van der Waals surface area contributed by atoms with Gasteiger partial charge in [0, 0.05) is 12.5 Å². The standard InChI is InChI=1S/C11H20N2O3/c12-9(6-7-10(14)15)11(16)13-8-4-2-1-3-5-8/h8-9H,1-7,12H2,(H,13,16)(H,14,15)/t9-/m1/s1. The van der Waals surface area contributed by atoms with Gasteiger partial charge in [0.15, 0.2) is 0 Å². The van der Waals surface area contributed by atoms with Gasteiger partial charge in [0.25, 0.3) is 0 Å². The van der Waals surface area contributed by atoms with Crippen LogP contribution in [0.15, 0.2) is 0 Å². The van der Waals surface area contributed by atoms with Crippen LogP contribution in [-0.4, -0.2) is 29.1 Å². The van der Waals surface area contributed by atoms with Crippen LogP contribution in [0, 0.1) is 0 Å². The highest BCUT2D eigenvalue weighted by Crippen LogP contribution is 2.17. The zero-order valence-electron chi connectivity index (χ0n) is 9.45. The second kappa shape index (κ2) is 6.48. The van der Waals surface area contributed by atoms with Crippen molar-refractivity contribution in [1.82, 2.24) is 5.32 Å². The number of carboxylic acids is 1. The lowest BCUT2D eigenvalue weighted by Gasteiger charge is -2.24. The number of carbonyl (C=O) groups is 2. The summed E-state index contributed by atoms with van der Waals surface area (Å²) < 4.78 is 0. The van der Waals surface area contributed by atoms with Gasteiger partial charge in [0.1, 0.15) is 0 Å². The van der Waals surface area contributed by atoms with Crippen molar-refractivity contribution in [2.45, 2.75) is 57.0 Å². The number of nitrogens with two attached hydrogens (primary N) is 1. The van der Waals surface area contributed by atoms with Crippen molar-refractivity contribution in [3.05, 3.63) is 0 Å². The number of carbonyl (C=O) groups excluding carboxylic acids is 1. The van der Waals surface area contributed by atoms with E-state index in [0.29, 0.717) is 0 Å². The molecule has 1 rings (SSSR count). The summed E-state index contributed by atoms with van der Waals surface area (Å²) >= 11 is 0. The van der Waals surface area contributed by atoms with Gasteiger partial charge < -0.3 is 16.2 Å². The molecular weight excluding hydrogens is 208 g/mol. The molecule has 1 fully saturated rings. The molecule has 5 heteroatoms. The maximum atomic E-state index is 11.6. The van der Waals surface area contributed by atoms with Gasteiger partial charge in [-0.15, -0.1) is 0 Å². The lowest BCUT2D eigenvalue weighted by atomic mass is 9.95. The van der Waals surface area contributed by atoms with E-state index < -0.39 is 12.0 Å². The van der Waals surface area contributed by atoms with Crippen LogP contribution in [0.5, 0.6) is 0 Å². The Morgan fingerprint density at radius 3 is 2.50 bits per heavy atom. The third kappa shape index (κ3) is 4.61. The van der Waals surface area contributed by atoms with Gasteiger partial charge in [0.05, 0.1) is 6.04 Å². The predicted molar refractivity (Wildman–Crippen MR) is 59.9 cm³/mol. The van der Waals surface area contributed by atoms with E-state index >= 15 is 0 Å². The molecular formula is C11H20N2O3. The van der Waals surface area contributed by atoms with E-state index in [9.17, 15) is 9.59 Å². The fourth-order valence-corrected chi connectivity index (χ4v) is 1.97. The first kappa shape index (κ1) is 13.0. The van der Waals surface area contributed by atoms with Crippen LogP contribution in [0.4, 0.5) is 0 Å². The summed E-state index contributed by atoms with van der Waals surface area (Å²) in [4.78, 5) is 21.9. The minimum absolute atomic E-state index is 0.0563. The molecule has 0 radical (unpaired) electrons. The highest BCUT2D eigenvalue weighted by atomic mass is 16.4. The molecule has 0 aromatic carbocycles. The van der Waals surface area contributed by atoms with Crippen LogP contribution in [-0.2, 0) is 9.59 Å². The number of nitrogens with one attached hydrogen (secondary N) is 1. The number of rotatable bonds is 5. The maximum absolute atomic E-state index is 11.6. The zero-order valence-corrected chi connectivity index (χ0v) is 9.45. The summed E-state index contributed by atoms with van der Waals surface area (Å²) in [5.41, 5.74) is 5.61. The average Bonchev–Trinajstić information content (AvgIpc) is 2.27. The molecule has 0 aromatic heterocycles. The highest BCUT2D eigenvalue weighted by molar-refractivity contribution is 5.82. The first-order valence-electron chi connectivity index (χ1n) is 5.87. The molecule has 1 aliphatic rings. The molecule has 4 N–H and O–H groups in total. The van der Waals surface area contributed by atoms with Crippen molar-refractivity contribution in [3.63, 3.8) is 0 Å². The monoisotopic (exact) mass is 228 g/mol. The summed E-state index contributed by atoms with van der Waals surface area (Å²) in [5, 5.41) is 11.4. The Labute approximate surface area is 95.4 Å². The molecule has 0 heterocycles. The van der Waals surface area contributed by atoms with Crippen LogP contribution < -0.4 is 11.1 Å². The Morgan fingerprint density at radius 2 is 1.94 bits per heavy atom. The zero-order chi connectivity index (χ0) is 12.0. The van der Waals surface area contributed by atoms with E-state index in [2.05, 4.69) is 5.32 Å². The molecule has 1 amide bonds. The lowest BCUT2D eigenvalue weighted by Crippen LogP contribution is -2.46. The number of aliphatic carboxylic acids is 1. The maximum Gasteiger partial charge on any atom is 0.303 e. The van der Waals surface area contributed by atoms with Gasteiger partial charge >= 0.3 is 5.97 Å². The van der Waals surface area contributed by atoms with Crippen molar-refractivity contribution in [2.24, 2.45) is 5.73 Å². The van der Waals surface area contributed by atoms with Crippen LogP contribution in [0.1, 0.15) is 44.9 Å². The van der Waals surface area contributed by atoms with Gasteiger partial charge in [-0.05, 0) is 19.3 Å². The fourth-order valence-electron chi connectivity index (χ4n) is 1.97. The summed E-state index contributed by atoms with van der Waals surface area (Å²) in [6.07, 6.45) is 5.70. The molecule has 92 valence electrons. The molecule has 0 aliphatic heterocycles. The predicted octanol–water partition coefficient (Wildman–Crippen LogP) is 0.627. The number of amides is 1. The topological polar surface area (TPSA) is 92.4 Å². The van der Waals surface area contributed by atoms with Gasteiger partial charge in [0.2, 0.25) is 5.91 Å². The van der Waals surface area contributed by atoms with Gasteiger partial charge in [-0.25, -0.2) is 0 Å². The van der Waals surface area contributed by atoms with Crippen molar-refractivity contribution in [1.29, 1.82) is 0 Å². The normalized spacial score (nSPS) is 19.1. The highest BCUT2D eigenvalue weighted by Gasteiger charge is 2.20. The summed E-state index contributed by atoms with van der Waals surface area (Å²) in [7, 11) is 0. The molecule has 1 atom stereocenters. The van der Waals surface area contributed by atoms with Crippen molar-refractivity contribution in [2.75, 3.05) is 0 Å². The van der Waals surface area contributed by atoms with Gasteiger partial charge in [-0.3, -0.25) is 9.59 Å². The molecule has 5 nitrogen and oxygen atoms in total. The minimum Gasteiger partial charge on any atom is -0.481 e. The van der Waals surface area contributed by atoms with E-state index in [0.717, 1.165) is 25.7 Å². The Bertz CT molecular complexity index is 250. The summed E-state index contributed by atoms with van der Waals surface area (Å²) in [5.74, 6) is -1.13. The molecule has 0 unspecified atom stereocenters. The van der Waals surface area contributed by atoms with Gasteiger partial charge in [-0.2, -0.15) is 0 Å². The average molecular weight is 228 g/mol. The van der Waals surface area contributed by atoms with Crippen LogP contribution in [0.3, 0.4) is 0 Å². The SMILES string of the molecule is N[C@H](CCC(=O)O)C(=O)NC1CCCCC1. The quantitative estimate of drug-likeness (QED) is 0.643. The second-order valence-electron chi connectivity index (χ2n) is 4.38. The second-order valence-corrected chi connectivity index (χ2v) is 4.38. The van der Waals surface area contributed by atoms with E-state index in [-0.39, 0.29) is 24.8 Å². The van der Waals surface area contributed by atoms with Crippen LogP contribution in [0.25, 0.3) is 0 Å². The fraction of sp³-hybridized carbons (Fsp3) is 0.818. The molecule has 1 saturated carbocycles. The minimum atomic E-state index is -0.916. The van der Waals surface area contributed by atoms with E-state index in [1.165, 1.54) is 6.42 Å². The molecule has 16 heavy (non-hydrogen) atoms. The lowest BCUT2D eigenvalue weighted by molar-refractivity contribution is -0.137. The van der Waals surface area contributed by atoms with Crippen molar-refractivity contribution in [3.8, 4) is 0 Å². The van der Waals surface area contributed by atoms with E-state index in [1.807, 2.05) is 0 Å². The molecule has 0 spiro atoms. The molecule has 0 bridgehead atoms. The van der Waals surface area contributed by atoms with Crippen molar-refractivity contribution >= 4 is 11.9 Å². The van der Waals surface area contributed by atoms with Crippen LogP contribution >= 0.6 is 0 Å². The van der Waals surface area contributed by atoms with E-state index in [4.69, 9.17) is 10.8 Å². The third-order valence-electron chi connectivity index (χ3n) is 2.96. The van der Waals surface area contributed by atoms with Gasteiger partial charge in [-0.1, -0.05) is 19.3 Å².